The number of nitrogens with zero attached hydrogens (tertiary/aromatic N) is 1. The van der Waals surface area contributed by atoms with Gasteiger partial charge in [-0.2, -0.15) is 0 Å². The van der Waals surface area contributed by atoms with E-state index in [0.717, 1.165) is 15.7 Å². The molecule has 1 fully saturated rings. The van der Waals surface area contributed by atoms with E-state index in [-0.39, 0.29) is 17.7 Å². The van der Waals surface area contributed by atoms with Crippen LogP contribution in [0.5, 0.6) is 0 Å². The Morgan fingerprint density at radius 1 is 1.50 bits per heavy atom. The van der Waals surface area contributed by atoms with E-state index in [9.17, 15) is 4.79 Å². The summed E-state index contributed by atoms with van der Waals surface area (Å²) in [4.78, 5) is 14.3. The third-order valence-electron chi connectivity index (χ3n) is 3.56. The van der Waals surface area contributed by atoms with E-state index in [1.165, 1.54) is 0 Å². The number of hydrogen-bond acceptors (Lipinski definition) is 2. The van der Waals surface area contributed by atoms with Crippen LogP contribution in [-0.2, 0) is 4.74 Å². The van der Waals surface area contributed by atoms with Crippen molar-refractivity contribution in [3.8, 4) is 0 Å². The molecule has 4 nitrogen and oxygen atoms in total. The maximum atomic E-state index is 12.5. The maximum absolute atomic E-state index is 12.5. The minimum Gasteiger partial charge on any atom is -0.374 e. The molecule has 110 valence electrons. The molecule has 0 aliphatic carbocycles. The van der Waals surface area contributed by atoms with Gasteiger partial charge in [-0.25, -0.2) is 4.79 Å². The fourth-order valence-electron chi connectivity index (χ4n) is 2.20. The first-order chi connectivity index (χ1) is 9.29. The van der Waals surface area contributed by atoms with Crippen molar-refractivity contribution in [2.24, 2.45) is 0 Å². The van der Waals surface area contributed by atoms with Crippen LogP contribution in [0.2, 0.25) is 0 Å². The standard InChI is InChI=1S/C15H21BrN2O2/c1-10-5-6-12(7-13(10)16)17-14(19)18-8-11(2)20-9-15(18,3)4/h5-7,11H,8-9H2,1-4H3,(H,17,19). The summed E-state index contributed by atoms with van der Waals surface area (Å²) in [5.74, 6) is 0. The van der Waals surface area contributed by atoms with Gasteiger partial charge in [0, 0.05) is 16.7 Å². The summed E-state index contributed by atoms with van der Waals surface area (Å²) in [5, 5.41) is 2.96. The van der Waals surface area contributed by atoms with Crippen molar-refractivity contribution >= 4 is 27.6 Å². The molecule has 20 heavy (non-hydrogen) atoms. The van der Waals surface area contributed by atoms with Gasteiger partial charge in [0.25, 0.3) is 0 Å². The highest BCUT2D eigenvalue weighted by atomic mass is 79.9. The fraction of sp³-hybridized carbons (Fsp3) is 0.533. The monoisotopic (exact) mass is 340 g/mol. The van der Waals surface area contributed by atoms with Crippen molar-refractivity contribution < 1.29 is 9.53 Å². The molecule has 2 rings (SSSR count). The Bertz CT molecular complexity index is 517. The quantitative estimate of drug-likeness (QED) is 0.844. The van der Waals surface area contributed by atoms with Gasteiger partial charge >= 0.3 is 6.03 Å². The minimum absolute atomic E-state index is 0.0681. The van der Waals surface area contributed by atoms with Crippen molar-refractivity contribution in [2.75, 3.05) is 18.5 Å². The highest BCUT2D eigenvalue weighted by Crippen LogP contribution is 2.25. The Balaban J connectivity index is 2.12. The first-order valence-corrected chi connectivity index (χ1v) is 7.55. The SMILES string of the molecule is Cc1ccc(NC(=O)N2CC(C)OCC2(C)C)cc1Br. The third kappa shape index (κ3) is 3.33. The van der Waals surface area contributed by atoms with Crippen molar-refractivity contribution in [3.05, 3.63) is 28.2 Å². The zero-order valence-electron chi connectivity index (χ0n) is 12.4. The van der Waals surface area contributed by atoms with Crippen LogP contribution < -0.4 is 5.32 Å². The smallest absolute Gasteiger partial charge is 0.322 e. The number of anilines is 1. The molecular formula is C15H21BrN2O2. The zero-order chi connectivity index (χ0) is 14.9. The van der Waals surface area contributed by atoms with Crippen molar-refractivity contribution in [1.82, 2.24) is 4.90 Å². The number of nitrogens with one attached hydrogen (secondary N) is 1. The maximum Gasteiger partial charge on any atom is 0.322 e. The highest BCUT2D eigenvalue weighted by Gasteiger charge is 2.36. The number of benzene rings is 1. The number of urea groups is 1. The summed E-state index contributed by atoms with van der Waals surface area (Å²) >= 11 is 3.48. The lowest BCUT2D eigenvalue weighted by Crippen LogP contribution is -2.58. The molecule has 1 aromatic rings. The molecule has 1 N–H and O–H groups in total. The van der Waals surface area contributed by atoms with Gasteiger partial charge in [0.1, 0.15) is 0 Å². The van der Waals surface area contributed by atoms with Crippen molar-refractivity contribution in [2.45, 2.75) is 39.3 Å². The van der Waals surface area contributed by atoms with Gasteiger partial charge in [-0.05, 0) is 45.4 Å². The number of morpholine rings is 1. The van der Waals surface area contributed by atoms with Crippen LogP contribution in [0.15, 0.2) is 22.7 Å². The normalized spacial score (nSPS) is 21.6. The predicted octanol–water partition coefficient (Wildman–Crippen LogP) is 3.79. The van der Waals surface area contributed by atoms with E-state index >= 15 is 0 Å². The largest absolute Gasteiger partial charge is 0.374 e. The molecule has 1 aromatic carbocycles. The molecule has 0 spiro atoms. The Kier molecular flexibility index (Phi) is 4.39. The van der Waals surface area contributed by atoms with E-state index in [2.05, 4.69) is 21.2 Å². The molecule has 2 amide bonds. The van der Waals surface area contributed by atoms with Crippen LogP contribution in [0, 0.1) is 6.92 Å². The number of amides is 2. The van der Waals surface area contributed by atoms with Gasteiger partial charge in [0.15, 0.2) is 0 Å². The molecule has 0 saturated carbocycles. The molecule has 5 heteroatoms. The van der Waals surface area contributed by atoms with Crippen molar-refractivity contribution in [1.29, 1.82) is 0 Å². The van der Waals surface area contributed by atoms with Crippen LogP contribution in [0.4, 0.5) is 10.5 Å². The molecule has 1 aliphatic heterocycles. The molecule has 1 saturated heterocycles. The first kappa shape index (κ1) is 15.3. The summed E-state index contributed by atoms with van der Waals surface area (Å²) in [6, 6.07) is 5.73. The lowest BCUT2D eigenvalue weighted by atomic mass is 10.0. The van der Waals surface area contributed by atoms with Crippen LogP contribution in [0.25, 0.3) is 0 Å². The Morgan fingerprint density at radius 3 is 2.85 bits per heavy atom. The summed E-state index contributed by atoms with van der Waals surface area (Å²) in [5.41, 5.74) is 1.64. The molecule has 0 aromatic heterocycles. The Hall–Kier alpha value is -1.07. The number of carbonyl (C=O) groups excluding carboxylic acids is 1. The first-order valence-electron chi connectivity index (χ1n) is 6.76. The van der Waals surface area contributed by atoms with Crippen LogP contribution in [0.3, 0.4) is 0 Å². The Labute approximate surface area is 128 Å². The molecule has 0 bridgehead atoms. The average molecular weight is 341 g/mol. The summed E-state index contributed by atoms with van der Waals surface area (Å²) in [6.07, 6.45) is 0.0681. The van der Waals surface area contributed by atoms with Gasteiger partial charge in [-0.3, -0.25) is 0 Å². The molecular weight excluding hydrogens is 320 g/mol. The average Bonchev–Trinajstić information content (AvgIpc) is 2.37. The van der Waals surface area contributed by atoms with E-state index < -0.39 is 0 Å². The fourth-order valence-corrected chi connectivity index (χ4v) is 2.58. The topological polar surface area (TPSA) is 41.6 Å². The number of ether oxygens (including phenoxy) is 1. The molecule has 1 atom stereocenters. The van der Waals surface area contributed by atoms with E-state index in [1.807, 2.05) is 50.8 Å². The number of hydrogen-bond donors (Lipinski definition) is 1. The predicted molar refractivity (Wildman–Crippen MR) is 84.1 cm³/mol. The third-order valence-corrected chi connectivity index (χ3v) is 4.41. The molecule has 1 aliphatic rings. The van der Waals surface area contributed by atoms with Gasteiger partial charge in [0.05, 0.1) is 18.2 Å². The van der Waals surface area contributed by atoms with Crippen LogP contribution >= 0.6 is 15.9 Å². The summed E-state index contributed by atoms with van der Waals surface area (Å²) in [7, 11) is 0. The number of halogens is 1. The van der Waals surface area contributed by atoms with Gasteiger partial charge in [-0.15, -0.1) is 0 Å². The lowest BCUT2D eigenvalue weighted by molar-refractivity contribution is -0.0685. The number of aryl methyl sites for hydroxylation is 1. The minimum atomic E-state index is -0.293. The van der Waals surface area contributed by atoms with Gasteiger partial charge in [0.2, 0.25) is 0 Å². The van der Waals surface area contributed by atoms with Crippen LogP contribution in [-0.4, -0.2) is 35.7 Å². The summed E-state index contributed by atoms with van der Waals surface area (Å²) in [6.45, 7) is 9.19. The second-order valence-corrected chi connectivity index (χ2v) is 6.79. The molecule has 1 unspecified atom stereocenters. The summed E-state index contributed by atoms with van der Waals surface area (Å²) < 4.78 is 6.62. The van der Waals surface area contributed by atoms with E-state index in [4.69, 9.17) is 4.74 Å². The Morgan fingerprint density at radius 2 is 2.20 bits per heavy atom. The lowest BCUT2D eigenvalue weighted by Gasteiger charge is -2.44. The number of rotatable bonds is 1. The molecule has 1 heterocycles. The van der Waals surface area contributed by atoms with Gasteiger partial charge < -0.3 is 15.0 Å². The zero-order valence-corrected chi connectivity index (χ0v) is 14.0. The van der Waals surface area contributed by atoms with Gasteiger partial charge in [-0.1, -0.05) is 22.0 Å². The second kappa shape index (κ2) is 5.74. The van der Waals surface area contributed by atoms with E-state index in [0.29, 0.717) is 13.2 Å². The van der Waals surface area contributed by atoms with E-state index in [1.54, 1.807) is 0 Å². The van der Waals surface area contributed by atoms with Crippen molar-refractivity contribution in [3.63, 3.8) is 0 Å². The highest BCUT2D eigenvalue weighted by molar-refractivity contribution is 9.10. The molecule has 0 radical (unpaired) electrons. The number of carbonyl (C=O) groups is 1. The second-order valence-electron chi connectivity index (χ2n) is 5.94. The van der Waals surface area contributed by atoms with Crippen LogP contribution in [0.1, 0.15) is 26.3 Å².